The van der Waals surface area contributed by atoms with Gasteiger partial charge in [-0.1, -0.05) is 24.3 Å². The first-order valence-electron chi connectivity index (χ1n) is 9.40. The van der Waals surface area contributed by atoms with Gasteiger partial charge in [-0.2, -0.15) is 0 Å². The van der Waals surface area contributed by atoms with Gasteiger partial charge in [-0.25, -0.2) is 9.18 Å². The number of carbonyl (C=O) groups is 1. The van der Waals surface area contributed by atoms with Crippen molar-refractivity contribution in [3.63, 3.8) is 0 Å². The van der Waals surface area contributed by atoms with E-state index in [-0.39, 0.29) is 11.8 Å². The van der Waals surface area contributed by atoms with Gasteiger partial charge in [0.05, 0.1) is 6.54 Å². The topological polar surface area (TPSA) is 53.6 Å². The van der Waals surface area contributed by atoms with Crippen LogP contribution in [0.1, 0.15) is 24.0 Å². The Morgan fingerprint density at radius 1 is 1.00 bits per heavy atom. The summed E-state index contributed by atoms with van der Waals surface area (Å²) < 4.78 is 18.3. The maximum absolute atomic E-state index is 12.8. The number of hydrogen-bond donors (Lipinski definition) is 2. The number of urea groups is 1. The predicted octanol–water partition coefficient (Wildman–Crippen LogP) is 3.30. The molecule has 5 nitrogen and oxygen atoms in total. The Balaban J connectivity index is 1.38. The zero-order valence-electron chi connectivity index (χ0n) is 15.4. The molecule has 0 saturated carbocycles. The summed E-state index contributed by atoms with van der Waals surface area (Å²) in [5.74, 6) is 0.277. The fourth-order valence-corrected chi connectivity index (χ4v) is 3.17. The first-order valence-corrected chi connectivity index (χ1v) is 9.40. The molecule has 1 fully saturated rings. The average Bonchev–Trinajstić information content (AvgIpc) is 3.19. The van der Waals surface area contributed by atoms with Crippen molar-refractivity contribution >= 4 is 6.03 Å². The maximum Gasteiger partial charge on any atom is 0.315 e. The van der Waals surface area contributed by atoms with Gasteiger partial charge in [0.2, 0.25) is 0 Å². The summed E-state index contributed by atoms with van der Waals surface area (Å²) in [7, 11) is 0. The van der Waals surface area contributed by atoms with E-state index < -0.39 is 0 Å². The zero-order chi connectivity index (χ0) is 18.9. The van der Waals surface area contributed by atoms with Crippen LogP contribution < -0.4 is 15.4 Å². The Bertz CT molecular complexity index is 730. The van der Waals surface area contributed by atoms with Crippen LogP contribution in [-0.4, -0.2) is 37.2 Å². The molecule has 0 unspecified atom stereocenters. The Kier molecular flexibility index (Phi) is 7.04. The lowest BCUT2D eigenvalue weighted by Crippen LogP contribution is -2.37. The van der Waals surface area contributed by atoms with Crippen LogP contribution in [0.3, 0.4) is 0 Å². The molecule has 27 heavy (non-hydrogen) atoms. The zero-order valence-corrected chi connectivity index (χ0v) is 15.4. The van der Waals surface area contributed by atoms with E-state index >= 15 is 0 Å². The van der Waals surface area contributed by atoms with E-state index in [0.29, 0.717) is 25.4 Å². The number of rotatable bonds is 8. The molecule has 2 amide bonds. The molecule has 6 heteroatoms. The van der Waals surface area contributed by atoms with Crippen LogP contribution in [0.25, 0.3) is 0 Å². The predicted molar refractivity (Wildman–Crippen MR) is 103 cm³/mol. The van der Waals surface area contributed by atoms with Crippen molar-refractivity contribution < 1.29 is 13.9 Å². The summed E-state index contributed by atoms with van der Waals surface area (Å²) in [6, 6.07) is 13.8. The third-order valence-electron chi connectivity index (χ3n) is 4.62. The largest absolute Gasteiger partial charge is 0.492 e. The summed E-state index contributed by atoms with van der Waals surface area (Å²) >= 11 is 0. The van der Waals surface area contributed by atoms with Crippen molar-refractivity contribution in [2.45, 2.75) is 25.9 Å². The molecular formula is C21H26FN3O2. The lowest BCUT2D eigenvalue weighted by atomic mass is 10.1. The summed E-state index contributed by atoms with van der Waals surface area (Å²) in [6.07, 6.45) is 2.53. The highest BCUT2D eigenvalue weighted by Gasteiger charge is 2.13. The highest BCUT2D eigenvalue weighted by molar-refractivity contribution is 5.73. The molecule has 0 aromatic heterocycles. The van der Waals surface area contributed by atoms with Gasteiger partial charge in [-0.05, 0) is 61.3 Å². The van der Waals surface area contributed by atoms with E-state index in [4.69, 9.17) is 4.74 Å². The van der Waals surface area contributed by atoms with Crippen LogP contribution in [0, 0.1) is 5.82 Å². The monoisotopic (exact) mass is 371 g/mol. The molecule has 0 atom stereocenters. The second-order valence-electron chi connectivity index (χ2n) is 6.66. The molecule has 2 aromatic carbocycles. The second kappa shape index (κ2) is 9.92. The van der Waals surface area contributed by atoms with E-state index in [2.05, 4.69) is 27.7 Å². The van der Waals surface area contributed by atoms with Gasteiger partial charge < -0.3 is 15.4 Å². The molecule has 1 aliphatic rings. The molecule has 1 heterocycles. The Hall–Kier alpha value is -2.60. The molecule has 0 aliphatic carbocycles. The van der Waals surface area contributed by atoms with Crippen LogP contribution in [0.2, 0.25) is 0 Å². The van der Waals surface area contributed by atoms with E-state index in [0.717, 1.165) is 25.2 Å². The normalized spacial score (nSPS) is 14.1. The molecule has 144 valence electrons. The Labute approximate surface area is 159 Å². The summed E-state index contributed by atoms with van der Waals surface area (Å²) in [5, 5.41) is 5.66. The van der Waals surface area contributed by atoms with Crippen molar-refractivity contribution in [3.05, 3.63) is 65.5 Å². The molecule has 1 saturated heterocycles. The number of nitrogens with zero attached hydrogens (tertiary/aromatic N) is 1. The highest BCUT2D eigenvalue weighted by atomic mass is 19.1. The average molecular weight is 371 g/mol. The Morgan fingerprint density at radius 3 is 2.44 bits per heavy atom. The second-order valence-corrected chi connectivity index (χ2v) is 6.66. The number of benzene rings is 2. The first-order chi connectivity index (χ1) is 13.2. The van der Waals surface area contributed by atoms with E-state index in [9.17, 15) is 9.18 Å². The summed E-state index contributed by atoms with van der Waals surface area (Å²) in [5.41, 5.74) is 2.40. The van der Waals surface area contributed by atoms with Gasteiger partial charge in [0.25, 0.3) is 0 Å². The fraction of sp³-hybridized carbons (Fsp3) is 0.381. The standard InChI is InChI=1S/C21H26FN3O2/c22-19-7-9-20(10-8-19)27-14-11-23-21(26)24-15-17-5-1-2-6-18(17)16-25-12-3-4-13-25/h1-2,5-10H,3-4,11-16H2,(H2,23,24,26). The van der Waals surface area contributed by atoms with Crippen LogP contribution in [0.5, 0.6) is 5.75 Å². The van der Waals surface area contributed by atoms with Crippen LogP contribution in [0.4, 0.5) is 9.18 Å². The number of halogens is 1. The molecule has 0 spiro atoms. The molecule has 0 radical (unpaired) electrons. The Morgan fingerprint density at radius 2 is 1.70 bits per heavy atom. The third-order valence-corrected chi connectivity index (χ3v) is 4.62. The summed E-state index contributed by atoms with van der Waals surface area (Å²) in [4.78, 5) is 14.4. The number of carbonyl (C=O) groups excluding carboxylic acids is 1. The maximum atomic E-state index is 12.8. The van der Waals surface area contributed by atoms with Crippen molar-refractivity contribution in [2.75, 3.05) is 26.2 Å². The van der Waals surface area contributed by atoms with Crippen molar-refractivity contribution in [2.24, 2.45) is 0 Å². The van der Waals surface area contributed by atoms with Gasteiger partial charge in [0.1, 0.15) is 18.2 Å². The lowest BCUT2D eigenvalue weighted by molar-refractivity contribution is 0.236. The van der Waals surface area contributed by atoms with E-state index in [1.165, 1.54) is 30.5 Å². The molecule has 1 aliphatic heterocycles. The quantitative estimate of drug-likeness (QED) is 0.700. The minimum Gasteiger partial charge on any atom is -0.492 e. The van der Waals surface area contributed by atoms with E-state index in [1.807, 2.05) is 12.1 Å². The molecule has 2 N–H and O–H groups in total. The number of nitrogens with one attached hydrogen (secondary N) is 2. The van der Waals surface area contributed by atoms with Gasteiger partial charge in [0, 0.05) is 13.1 Å². The van der Waals surface area contributed by atoms with Gasteiger partial charge >= 0.3 is 6.03 Å². The number of hydrogen-bond acceptors (Lipinski definition) is 3. The van der Waals surface area contributed by atoms with Crippen molar-refractivity contribution in [1.82, 2.24) is 15.5 Å². The smallest absolute Gasteiger partial charge is 0.315 e. The molecular weight excluding hydrogens is 345 g/mol. The number of ether oxygens (including phenoxy) is 1. The van der Waals surface area contributed by atoms with Crippen LogP contribution in [0.15, 0.2) is 48.5 Å². The lowest BCUT2D eigenvalue weighted by Gasteiger charge is -2.18. The molecule has 3 rings (SSSR count). The number of amides is 2. The van der Waals surface area contributed by atoms with Gasteiger partial charge in [0.15, 0.2) is 0 Å². The number of likely N-dealkylation sites (tertiary alicyclic amines) is 1. The third kappa shape index (κ3) is 6.25. The molecule has 0 bridgehead atoms. The molecule has 2 aromatic rings. The minimum atomic E-state index is -0.301. The van der Waals surface area contributed by atoms with Crippen molar-refractivity contribution in [1.29, 1.82) is 0 Å². The van der Waals surface area contributed by atoms with Crippen LogP contribution in [-0.2, 0) is 13.1 Å². The highest BCUT2D eigenvalue weighted by Crippen LogP contribution is 2.16. The first kappa shape index (κ1) is 19.2. The van der Waals surface area contributed by atoms with Gasteiger partial charge in [-0.15, -0.1) is 0 Å². The SMILES string of the molecule is O=C(NCCOc1ccc(F)cc1)NCc1ccccc1CN1CCCC1. The van der Waals surface area contributed by atoms with E-state index in [1.54, 1.807) is 12.1 Å². The summed E-state index contributed by atoms with van der Waals surface area (Å²) in [6.45, 7) is 4.43. The van der Waals surface area contributed by atoms with Crippen LogP contribution >= 0.6 is 0 Å². The van der Waals surface area contributed by atoms with Crippen molar-refractivity contribution in [3.8, 4) is 5.75 Å². The van der Waals surface area contributed by atoms with Gasteiger partial charge in [-0.3, -0.25) is 4.90 Å². The minimum absolute atomic E-state index is 0.228. The fourth-order valence-electron chi connectivity index (χ4n) is 3.17.